The molecule has 3 aromatic rings. The molecule has 1 aromatic heterocycles. The molecule has 1 amide bonds. The van der Waals surface area contributed by atoms with E-state index in [0.717, 1.165) is 41.6 Å². The van der Waals surface area contributed by atoms with Crippen LogP contribution in [0.5, 0.6) is 0 Å². The summed E-state index contributed by atoms with van der Waals surface area (Å²) in [4.78, 5) is 22.0. The van der Waals surface area contributed by atoms with Gasteiger partial charge >= 0.3 is 6.09 Å². The first-order valence-corrected chi connectivity index (χ1v) is 11.4. The topological polar surface area (TPSA) is 78.4 Å². The third-order valence-corrected chi connectivity index (χ3v) is 7.06. The van der Waals surface area contributed by atoms with Crippen molar-refractivity contribution in [2.75, 3.05) is 18.4 Å². The highest BCUT2D eigenvalue weighted by atomic mass is 35.5. The molecule has 1 atom stereocenters. The third-order valence-electron chi connectivity index (χ3n) is 6.32. The first-order chi connectivity index (χ1) is 15.5. The van der Waals surface area contributed by atoms with Crippen molar-refractivity contribution in [2.24, 2.45) is 0 Å². The molecule has 164 valence electrons. The Kier molecular flexibility index (Phi) is 5.66. The van der Waals surface area contributed by atoms with Crippen molar-refractivity contribution in [2.45, 2.75) is 31.2 Å². The van der Waals surface area contributed by atoms with E-state index < -0.39 is 6.09 Å². The molecule has 2 N–H and O–H groups in total. The molecule has 1 aliphatic heterocycles. The van der Waals surface area contributed by atoms with Crippen molar-refractivity contribution in [3.05, 3.63) is 75.4 Å². The number of anilines is 1. The lowest BCUT2D eigenvalue weighted by Crippen LogP contribution is -2.41. The molecule has 2 heterocycles. The van der Waals surface area contributed by atoms with Crippen molar-refractivity contribution < 1.29 is 9.90 Å². The smallest absolute Gasteiger partial charge is 0.407 e. The Morgan fingerprint density at radius 1 is 1.09 bits per heavy atom. The number of carboxylic acid groups (broad SMARTS) is 1. The van der Waals surface area contributed by atoms with E-state index in [0.29, 0.717) is 29.1 Å². The van der Waals surface area contributed by atoms with E-state index in [4.69, 9.17) is 33.3 Å². The van der Waals surface area contributed by atoms with Gasteiger partial charge in [0.05, 0.1) is 15.7 Å². The van der Waals surface area contributed by atoms with Crippen LogP contribution in [0.2, 0.25) is 10.0 Å². The molecule has 0 spiro atoms. The predicted molar refractivity (Wildman–Crippen MR) is 126 cm³/mol. The monoisotopic (exact) mass is 468 g/mol. The van der Waals surface area contributed by atoms with Gasteiger partial charge in [0.15, 0.2) is 0 Å². The fourth-order valence-corrected chi connectivity index (χ4v) is 4.94. The van der Waals surface area contributed by atoms with Gasteiger partial charge in [0.25, 0.3) is 0 Å². The maximum Gasteiger partial charge on any atom is 0.407 e. The zero-order valence-electron chi connectivity index (χ0n) is 17.3. The molecule has 5 rings (SSSR count). The van der Waals surface area contributed by atoms with Crippen LogP contribution in [0.15, 0.2) is 48.7 Å². The van der Waals surface area contributed by atoms with Gasteiger partial charge < -0.3 is 15.3 Å². The average Bonchev–Trinajstić information content (AvgIpc) is 2.81. The number of likely N-dealkylation sites (tertiary alicyclic amines) is 1. The number of nitrogens with zero attached hydrogens (tertiary/aromatic N) is 3. The molecule has 1 fully saturated rings. The quantitative estimate of drug-likeness (QED) is 0.515. The Bertz CT molecular complexity index is 1180. The number of amides is 1. The highest BCUT2D eigenvalue weighted by Crippen LogP contribution is 2.42. The Balaban J connectivity index is 1.42. The molecule has 2 aromatic carbocycles. The number of piperidine rings is 1. The standard InChI is InChI=1S/C24H22Cl2N4O2/c25-20-6-5-14(12-21(20)26)19-11-15-13-27-23(28-16-7-9-30(10-8-16)24(31)32)29-22(15)18-4-2-1-3-17(18)19/h1-6,12-13,16,19H,7-11H2,(H,31,32)(H,27,28,29). The molecule has 32 heavy (non-hydrogen) atoms. The minimum Gasteiger partial charge on any atom is -0.465 e. The van der Waals surface area contributed by atoms with Gasteiger partial charge in [0.1, 0.15) is 0 Å². The molecule has 2 aliphatic rings. The lowest BCUT2D eigenvalue weighted by atomic mass is 9.78. The second-order valence-corrected chi connectivity index (χ2v) is 9.09. The van der Waals surface area contributed by atoms with Gasteiger partial charge in [-0.05, 0) is 48.1 Å². The molecular formula is C24H22Cl2N4O2. The van der Waals surface area contributed by atoms with Crippen molar-refractivity contribution in [3.8, 4) is 11.3 Å². The van der Waals surface area contributed by atoms with E-state index in [1.807, 2.05) is 36.5 Å². The zero-order valence-corrected chi connectivity index (χ0v) is 18.8. The molecule has 0 radical (unpaired) electrons. The number of carbonyl (C=O) groups is 1. The molecule has 1 saturated heterocycles. The largest absolute Gasteiger partial charge is 0.465 e. The van der Waals surface area contributed by atoms with Crippen LogP contribution in [0.3, 0.4) is 0 Å². The van der Waals surface area contributed by atoms with Crippen LogP contribution in [0.25, 0.3) is 11.3 Å². The maximum absolute atomic E-state index is 11.1. The van der Waals surface area contributed by atoms with Gasteiger partial charge in [0.2, 0.25) is 5.95 Å². The number of nitrogens with one attached hydrogen (secondary N) is 1. The van der Waals surface area contributed by atoms with Crippen LogP contribution in [0.4, 0.5) is 10.7 Å². The second kappa shape index (κ2) is 8.60. The highest BCUT2D eigenvalue weighted by Gasteiger charge is 2.28. The maximum atomic E-state index is 11.1. The van der Waals surface area contributed by atoms with E-state index in [-0.39, 0.29) is 12.0 Å². The minimum absolute atomic E-state index is 0.149. The molecule has 1 aliphatic carbocycles. The Morgan fingerprint density at radius 2 is 1.88 bits per heavy atom. The summed E-state index contributed by atoms with van der Waals surface area (Å²) in [5.74, 6) is 0.733. The van der Waals surface area contributed by atoms with Crippen LogP contribution in [0, 0.1) is 0 Å². The number of benzene rings is 2. The van der Waals surface area contributed by atoms with Crippen molar-refractivity contribution in [1.82, 2.24) is 14.9 Å². The molecule has 1 unspecified atom stereocenters. The normalized spacial score (nSPS) is 18.1. The molecule has 6 nitrogen and oxygen atoms in total. The number of hydrogen-bond donors (Lipinski definition) is 2. The van der Waals surface area contributed by atoms with E-state index in [9.17, 15) is 4.79 Å². The van der Waals surface area contributed by atoms with Crippen LogP contribution in [-0.2, 0) is 6.42 Å². The number of rotatable bonds is 3. The average molecular weight is 469 g/mol. The molecule has 8 heteroatoms. The second-order valence-electron chi connectivity index (χ2n) is 8.27. The molecular weight excluding hydrogens is 447 g/mol. The van der Waals surface area contributed by atoms with Crippen LogP contribution in [-0.4, -0.2) is 45.2 Å². The van der Waals surface area contributed by atoms with Crippen molar-refractivity contribution in [3.63, 3.8) is 0 Å². The lowest BCUT2D eigenvalue weighted by Gasteiger charge is -2.31. The minimum atomic E-state index is -0.860. The molecule has 0 bridgehead atoms. The summed E-state index contributed by atoms with van der Waals surface area (Å²) in [5, 5.41) is 13.6. The first kappa shape index (κ1) is 21.0. The Labute approximate surface area is 196 Å². The summed E-state index contributed by atoms with van der Waals surface area (Å²) >= 11 is 12.4. The summed E-state index contributed by atoms with van der Waals surface area (Å²) in [7, 11) is 0. The highest BCUT2D eigenvalue weighted by molar-refractivity contribution is 6.42. The van der Waals surface area contributed by atoms with Gasteiger partial charge in [-0.25, -0.2) is 14.8 Å². The van der Waals surface area contributed by atoms with Crippen molar-refractivity contribution >= 4 is 35.2 Å². The predicted octanol–water partition coefficient (Wildman–Crippen LogP) is 5.69. The Morgan fingerprint density at radius 3 is 2.62 bits per heavy atom. The van der Waals surface area contributed by atoms with Gasteiger partial charge in [-0.3, -0.25) is 0 Å². The number of fused-ring (bicyclic) bond motifs is 3. The van der Waals surface area contributed by atoms with Gasteiger partial charge in [-0.2, -0.15) is 0 Å². The molecule has 0 saturated carbocycles. The van der Waals surface area contributed by atoms with Crippen LogP contribution < -0.4 is 5.32 Å². The number of hydrogen-bond acceptors (Lipinski definition) is 4. The third kappa shape index (κ3) is 4.00. The lowest BCUT2D eigenvalue weighted by molar-refractivity contribution is 0.133. The van der Waals surface area contributed by atoms with E-state index in [2.05, 4.69) is 22.4 Å². The van der Waals surface area contributed by atoms with E-state index >= 15 is 0 Å². The summed E-state index contributed by atoms with van der Waals surface area (Å²) < 4.78 is 0. The first-order valence-electron chi connectivity index (χ1n) is 10.6. The van der Waals surface area contributed by atoms with Crippen LogP contribution in [0.1, 0.15) is 35.4 Å². The summed E-state index contributed by atoms with van der Waals surface area (Å²) in [6.07, 6.45) is 3.30. The van der Waals surface area contributed by atoms with E-state index in [1.54, 1.807) is 0 Å². The zero-order chi connectivity index (χ0) is 22.2. The summed E-state index contributed by atoms with van der Waals surface area (Å²) in [6.45, 7) is 1.04. The van der Waals surface area contributed by atoms with E-state index in [1.165, 1.54) is 10.5 Å². The fourth-order valence-electron chi connectivity index (χ4n) is 4.63. The summed E-state index contributed by atoms with van der Waals surface area (Å²) in [6, 6.07) is 14.3. The number of halogens is 2. The fraction of sp³-hybridized carbons (Fsp3) is 0.292. The van der Waals surface area contributed by atoms with Gasteiger partial charge in [0, 0.05) is 36.8 Å². The Hall–Kier alpha value is -2.83. The summed E-state index contributed by atoms with van der Waals surface area (Å²) in [5.41, 5.74) is 5.45. The van der Waals surface area contributed by atoms with Crippen LogP contribution >= 0.6 is 23.2 Å². The van der Waals surface area contributed by atoms with Gasteiger partial charge in [-0.15, -0.1) is 0 Å². The van der Waals surface area contributed by atoms with Crippen molar-refractivity contribution in [1.29, 1.82) is 0 Å². The number of aromatic nitrogens is 2. The SMILES string of the molecule is O=C(O)N1CCC(Nc2ncc3c(n2)-c2ccccc2C(c2ccc(Cl)c(Cl)c2)C3)CC1. The van der Waals surface area contributed by atoms with Gasteiger partial charge in [-0.1, -0.05) is 53.5 Å².